The van der Waals surface area contributed by atoms with E-state index in [2.05, 4.69) is 15.5 Å². The highest BCUT2D eigenvalue weighted by molar-refractivity contribution is 7.80. The largest absolute Gasteiger partial charge is 0.379 e. The number of hydrogen-bond donors (Lipinski definition) is 2. The zero-order valence-electron chi connectivity index (χ0n) is 14.5. The predicted molar refractivity (Wildman–Crippen MR) is 113 cm³/mol. The lowest BCUT2D eigenvalue weighted by atomic mass is 10.2. The Morgan fingerprint density at radius 2 is 1.81 bits per heavy atom. The van der Waals surface area contributed by atoms with Crippen LogP contribution >= 0.6 is 35.4 Å². The maximum absolute atomic E-state index is 12.3. The molecule has 0 saturated carbocycles. The quantitative estimate of drug-likeness (QED) is 0.728. The molecule has 8 heteroatoms. The Bertz CT molecular complexity index is 824. The van der Waals surface area contributed by atoms with Crippen LogP contribution in [-0.2, 0) is 11.3 Å². The summed E-state index contributed by atoms with van der Waals surface area (Å²) in [6, 6.07) is 12.6. The third kappa shape index (κ3) is 5.89. The summed E-state index contributed by atoms with van der Waals surface area (Å²) in [5.41, 5.74) is 2.28. The van der Waals surface area contributed by atoms with Crippen LogP contribution in [0.25, 0.3) is 0 Å². The summed E-state index contributed by atoms with van der Waals surface area (Å²) < 4.78 is 5.36. The summed E-state index contributed by atoms with van der Waals surface area (Å²) in [4.78, 5) is 14.6. The van der Waals surface area contributed by atoms with Gasteiger partial charge in [-0.1, -0.05) is 35.3 Å². The first-order valence-electron chi connectivity index (χ1n) is 8.48. The molecule has 1 amide bonds. The van der Waals surface area contributed by atoms with Crippen molar-refractivity contribution in [1.82, 2.24) is 10.2 Å². The van der Waals surface area contributed by atoms with E-state index < -0.39 is 5.91 Å². The van der Waals surface area contributed by atoms with Gasteiger partial charge in [-0.3, -0.25) is 15.0 Å². The van der Waals surface area contributed by atoms with Gasteiger partial charge in [-0.05, 0) is 48.1 Å². The summed E-state index contributed by atoms with van der Waals surface area (Å²) in [5, 5.41) is 6.54. The second-order valence-electron chi connectivity index (χ2n) is 6.12. The van der Waals surface area contributed by atoms with Gasteiger partial charge in [0.2, 0.25) is 0 Å². The average molecular weight is 424 g/mol. The number of thiocarbonyl (C=S) groups is 1. The van der Waals surface area contributed by atoms with Crippen molar-refractivity contribution in [3.05, 3.63) is 63.6 Å². The van der Waals surface area contributed by atoms with Gasteiger partial charge in [0.1, 0.15) is 0 Å². The molecule has 0 atom stereocenters. The lowest BCUT2D eigenvalue weighted by molar-refractivity contribution is 0.0342. The van der Waals surface area contributed by atoms with Crippen molar-refractivity contribution < 1.29 is 9.53 Å². The fourth-order valence-corrected chi connectivity index (χ4v) is 3.30. The van der Waals surface area contributed by atoms with E-state index in [0.29, 0.717) is 10.0 Å². The zero-order chi connectivity index (χ0) is 19.2. The number of halogens is 2. The molecule has 142 valence electrons. The molecule has 0 unspecified atom stereocenters. The Morgan fingerprint density at radius 3 is 2.52 bits per heavy atom. The number of hydrogen-bond acceptors (Lipinski definition) is 4. The van der Waals surface area contributed by atoms with Crippen LogP contribution in [0.5, 0.6) is 0 Å². The number of carbonyl (C=O) groups excluding carboxylic acids is 1. The van der Waals surface area contributed by atoms with Crippen molar-refractivity contribution >= 4 is 52.1 Å². The highest BCUT2D eigenvalue weighted by Gasteiger charge is 2.13. The van der Waals surface area contributed by atoms with Crippen LogP contribution in [-0.4, -0.2) is 42.2 Å². The van der Waals surface area contributed by atoms with Gasteiger partial charge in [0.25, 0.3) is 5.91 Å². The standard InChI is InChI=1S/C19H19Cl2N3O2S/c20-14-3-6-17(21)16(11-14)18(25)23-19(27)22-15-4-1-13(2-5-15)12-24-7-9-26-10-8-24/h1-6,11H,7-10,12H2,(H2,22,23,25,27). The molecular weight excluding hydrogens is 405 g/mol. The molecule has 1 aliphatic rings. The average Bonchev–Trinajstić information content (AvgIpc) is 2.66. The molecule has 2 N–H and O–H groups in total. The molecule has 2 aromatic rings. The van der Waals surface area contributed by atoms with Crippen molar-refractivity contribution in [2.45, 2.75) is 6.54 Å². The van der Waals surface area contributed by atoms with Gasteiger partial charge in [-0.2, -0.15) is 0 Å². The third-order valence-electron chi connectivity index (χ3n) is 4.12. The van der Waals surface area contributed by atoms with E-state index in [4.69, 9.17) is 40.2 Å². The van der Waals surface area contributed by atoms with E-state index in [9.17, 15) is 4.79 Å². The number of benzene rings is 2. The maximum atomic E-state index is 12.3. The molecule has 5 nitrogen and oxygen atoms in total. The molecule has 0 aliphatic carbocycles. The first-order valence-corrected chi connectivity index (χ1v) is 9.64. The van der Waals surface area contributed by atoms with Gasteiger partial charge in [0.15, 0.2) is 5.11 Å². The molecular formula is C19H19Cl2N3O2S. The Labute approximate surface area is 173 Å². The van der Waals surface area contributed by atoms with Crippen LogP contribution in [0.4, 0.5) is 5.69 Å². The highest BCUT2D eigenvalue weighted by Crippen LogP contribution is 2.20. The number of anilines is 1. The topological polar surface area (TPSA) is 53.6 Å². The number of morpholine rings is 1. The Kier molecular flexibility index (Phi) is 7.04. The molecule has 1 saturated heterocycles. The first-order chi connectivity index (χ1) is 13.0. The molecule has 27 heavy (non-hydrogen) atoms. The molecule has 0 bridgehead atoms. The Hall–Kier alpha value is -1.70. The summed E-state index contributed by atoms with van der Waals surface area (Å²) in [6.45, 7) is 4.34. The molecule has 3 rings (SSSR count). The third-order valence-corrected chi connectivity index (χ3v) is 4.89. The summed E-state index contributed by atoms with van der Waals surface area (Å²) in [7, 11) is 0. The Balaban J connectivity index is 1.54. The van der Waals surface area contributed by atoms with Crippen LogP contribution in [0.3, 0.4) is 0 Å². The lowest BCUT2D eigenvalue weighted by Gasteiger charge is -2.26. The van der Waals surface area contributed by atoms with Crippen molar-refractivity contribution in [3.8, 4) is 0 Å². The van der Waals surface area contributed by atoms with Crippen LogP contribution < -0.4 is 10.6 Å². The summed E-state index contributed by atoms with van der Waals surface area (Å²) in [5.74, 6) is -0.413. The van der Waals surface area contributed by atoms with Crippen LogP contribution in [0.15, 0.2) is 42.5 Å². The minimum atomic E-state index is -0.413. The fraction of sp³-hybridized carbons (Fsp3) is 0.263. The van der Waals surface area contributed by atoms with Crippen LogP contribution in [0.1, 0.15) is 15.9 Å². The van der Waals surface area contributed by atoms with Gasteiger partial charge in [0, 0.05) is 30.3 Å². The second kappa shape index (κ2) is 9.48. The first kappa shape index (κ1) is 20.0. The van der Waals surface area contributed by atoms with E-state index in [1.165, 1.54) is 11.6 Å². The number of nitrogens with zero attached hydrogens (tertiary/aromatic N) is 1. The van der Waals surface area contributed by atoms with E-state index >= 15 is 0 Å². The fourth-order valence-electron chi connectivity index (χ4n) is 2.72. The van der Waals surface area contributed by atoms with E-state index in [1.54, 1.807) is 12.1 Å². The van der Waals surface area contributed by atoms with E-state index in [1.807, 2.05) is 24.3 Å². The number of amides is 1. The van der Waals surface area contributed by atoms with Gasteiger partial charge < -0.3 is 10.1 Å². The molecule has 0 radical (unpaired) electrons. The van der Waals surface area contributed by atoms with E-state index in [-0.39, 0.29) is 10.7 Å². The molecule has 0 spiro atoms. The highest BCUT2D eigenvalue weighted by atomic mass is 35.5. The molecule has 1 heterocycles. The molecule has 1 fully saturated rings. The van der Waals surface area contributed by atoms with Crippen molar-refractivity contribution in [2.75, 3.05) is 31.6 Å². The van der Waals surface area contributed by atoms with Crippen LogP contribution in [0, 0.1) is 0 Å². The van der Waals surface area contributed by atoms with Gasteiger partial charge >= 0.3 is 0 Å². The van der Waals surface area contributed by atoms with Gasteiger partial charge in [0.05, 0.1) is 23.8 Å². The summed E-state index contributed by atoms with van der Waals surface area (Å²) >= 11 is 17.2. The SMILES string of the molecule is O=C(NC(=S)Nc1ccc(CN2CCOCC2)cc1)c1cc(Cl)ccc1Cl. The number of carbonyl (C=O) groups is 1. The number of nitrogens with one attached hydrogen (secondary N) is 2. The minimum Gasteiger partial charge on any atom is -0.379 e. The monoisotopic (exact) mass is 423 g/mol. The molecule has 1 aliphatic heterocycles. The van der Waals surface area contributed by atoms with Gasteiger partial charge in [-0.15, -0.1) is 0 Å². The predicted octanol–water partition coefficient (Wildman–Crippen LogP) is 3.95. The second-order valence-corrected chi connectivity index (χ2v) is 7.37. The number of rotatable bonds is 4. The van der Waals surface area contributed by atoms with Crippen molar-refractivity contribution in [3.63, 3.8) is 0 Å². The Morgan fingerprint density at radius 1 is 1.11 bits per heavy atom. The van der Waals surface area contributed by atoms with Gasteiger partial charge in [-0.25, -0.2) is 0 Å². The van der Waals surface area contributed by atoms with Crippen molar-refractivity contribution in [1.29, 1.82) is 0 Å². The maximum Gasteiger partial charge on any atom is 0.258 e. The molecule has 2 aromatic carbocycles. The zero-order valence-corrected chi connectivity index (χ0v) is 16.8. The molecule has 0 aromatic heterocycles. The normalized spacial score (nSPS) is 14.6. The van der Waals surface area contributed by atoms with Crippen LogP contribution in [0.2, 0.25) is 10.0 Å². The summed E-state index contributed by atoms with van der Waals surface area (Å²) in [6.07, 6.45) is 0. The number of ether oxygens (including phenoxy) is 1. The minimum absolute atomic E-state index is 0.192. The van der Waals surface area contributed by atoms with E-state index in [0.717, 1.165) is 38.5 Å². The lowest BCUT2D eigenvalue weighted by Crippen LogP contribution is -2.35. The van der Waals surface area contributed by atoms with Crippen molar-refractivity contribution in [2.24, 2.45) is 0 Å². The smallest absolute Gasteiger partial charge is 0.258 e.